The summed E-state index contributed by atoms with van der Waals surface area (Å²) in [7, 11) is 2.14. The predicted molar refractivity (Wildman–Crippen MR) is 58.6 cm³/mol. The van der Waals surface area contributed by atoms with Crippen LogP contribution in [0.15, 0.2) is 0 Å². The van der Waals surface area contributed by atoms with Crippen LogP contribution >= 0.6 is 0 Å². The van der Waals surface area contributed by atoms with E-state index in [2.05, 4.69) is 11.9 Å². The van der Waals surface area contributed by atoms with Gasteiger partial charge in [0.15, 0.2) is 0 Å². The van der Waals surface area contributed by atoms with Crippen molar-refractivity contribution in [2.24, 2.45) is 5.41 Å². The molecule has 1 saturated carbocycles. The van der Waals surface area contributed by atoms with E-state index >= 15 is 0 Å². The highest BCUT2D eigenvalue weighted by Gasteiger charge is 2.52. The molecule has 0 N–H and O–H groups in total. The van der Waals surface area contributed by atoms with Gasteiger partial charge in [-0.3, -0.25) is 4.79 Å². The molecule has 2 fully saturated rings. The van der Waals surface area contributed by atoms with Crippen molar-refractivity contribution >= 4 is 5.97 Å². The zero-order valence-electron chi connectivity index (χ0n) is 9.79. The average molecular weight is 211 g/mol. The first-order valence-electron chi connectivity index (χ1n) is 6.08. The summed E-state index contributed by atoms with van der Waals surface area (Å²) in [6.07, 6.45) is 5.52. The van der Waals surface area contributed by atoms with Crippen LogP contribution in [0.25, 0.3) is 0 Å². The maximum absolute atomic E-state index is 12.1. The van der Waals surface area contributed by atoms with Gasteiger partial charge in [0, 0.05) is 6.04 Å². The zero-order valence-corrected chi connectivity index (χ0v) is 9.79. The first kappa shape index (κ1) is 10.9. The van der Waals surface area contributed by atoms with E-state index in [1.165, 1.54) is 6.42 Å². The highest BCUT2D eigenvalue weighted by Crippen LogP contribution is 2.48. The average Bonchev–Trinajstić information content (AvgIpc) is 2.64. The topological polar surface area (TPSA) is 29.5 Å². The minimum absolute atomic E-state index is 0.0547. The molecule has 15 heavy (non-hydrogen) atoms. The molecule has 3 nitrogen and oxygen atoms in total. The molecule has 1 saturated heterocycles. The van der Waals surface area contributed by atoms with Gasteiger partial charge in [-0.25, -0.2) is 0 Å². The number of ether oxygens (including phenoxy) is 1. The Morgan fingerprint density at radius 3 is 2.93 bits per heavy atom. The number of rotatable bonds is 2. The minimum atomic E-state index is -0.164. The van der Waals surface area contributed by atoms with Crippen LogP contribution in [0.2, 0.25) is 0 Å². The Labute approximate surface area is 91.8 Å². The van der Waals surface area contributed by atoms with Crippen molar-refractivity contribution in [2.45, 2.75) is 45.1 Å². The summed E-state index contributed by atoms with van der Waals surface area (Å²) in [4.78, 5) is 14.5. The number of fused-ring (bicyclic) bond motifs is 1. The van der Waals surface area contributed by atoms with Crippen LogP contribution in [0.1, 0.15) is 39.0 Å². The monoisotopic (exact) mass is 211 g/mol. The van der Waals surface area contributed by atoms with Gasteiger partial charge in [0.25, 0.3) is 0 Å². The Morgan fingerprint density at radius 2 is 2.20 bits per heavy atom. The number of piperidine rings is 1. The van der Waals surface area contributed by atoms with Crippen LogP contribution in [0.4, 0.5) is 0 Å². The quantitative estimate of drug-likeness (QED) is 0.652. The Kier molecular flexibility index (Phi) is 3.01. The molecule has 0 bridgehead atoms. The molecule has 0 radical (unpaired) electrons. The lowest BCUT2D eigenvalue weighted by molar-refractivity contribution is -0.161. The molecular formula is C12H21NO2. The van der Waals surface area contributed by atoms with Gasteiger partial charge >= 0.3 is 5.97 Å². The molecule has 1 heterocycles. The van der Waals surface area contributed by atoms with Crippen LogP contribution in [-0.2, 0) is 9.53 Å². The Morgan fingerprint density at radius 1 is 1.47 bits per heavy atom. The van der Waals surface area contributed by atoms with E-state index in [0.717, 1.165) is 32.2 Å². The van der Waals surface area contributed by atoms with E-state index in [-0.39, 0.29) is 11.4 Å². The van der Waals surface area contributed by atoms with Crippen LogP contribution < -0.4 is 0 Å². The standard InChI is InChI=1S/C12H21NO2/c1-3-15-11(14)12-7-4-6-10(12)13(2)9-5-8-12/h10H,3-9H2,1-2H3/t10?,12-/m0/s1. The summed E-state index contributed by atoms with van der Waals surface area (Å²) in [5.74, 6) is 0.0547. The summed E-state index contributed by atoms with van der Waals surface area (Å²) in [5, 5.41) is 0. The van der Waals surface area contributed by atoms with Gasteiger partial charge in [-0.15, -0.1) is 0 Å². The maximum Gasteiger partial charge on any atom is 0.313 e. The molecule has 0 spiro atoms. The van der Waals surface area contributed by atoms with Crippen molar-refractivity contribution in [3.05, 3.63) is 0 Å². The van der Waals surface area contributed by atoms with Gasteiger partial charge in [-0.05, 0) is 46.2 Å². The third-order valence-electron chi connectivity index (χ3n) is 4.09. The second-order valence-corrected chi connectivity index (χ2v) is 4.87. The van der Waals surface area contributed by atoms with Gasteiger partial charge in [-0.2, -0.15) is 0 Å². The van der Waals surface area contributed by atoms with Crippen molar-refractivity contribution in [1.29, 1.82) is 0 Å². The summed E-state index contributed by atoms with van der Waals surface area (Å²) in [6, 6.07) is 0.435. The molecule has 3 heteroatoms. The lowest BCUT2D eigenvalue weighted by Gasteiger charge is -2.42. The van der Waals surface area contributed by atoms with Crippen molar-refractivity contribution in [3.63, 3.8) is 0 Å². The van der Waals surface area contributed by atoms with E-state index in [4.69, 9.17) is 4.74 Å². The van der Waals surface area contributed by atoms with E-state index in [1.54, 1.807) is 0 Å². The molecule has 86 valence electrons. The second-order valence-electron chi connectivity index (χ2n) is 4.87. The summed E-state index contributed by atoms with van der Waals surface area (Å²) in [6.45, 7) is 3.54. The van der Waals surface area contributed by atoms with E-state index in [1.807, 2.05) is 6.92 Å². The molecule has 2 aliphatic rings. The van der Waals surface area contributed by atoms with Crippen molar-refractivity contribution in [1.82, 2.24) is 4.90 Å². The van der Waals surface area contributed by atoms with Gasteiger partial charge in [-0.1, -0.05) is 6.42 Å². The molecule has 1 aliphatic carbocycles. The molecule has 1 unspecified atom stereocenters. The Balaban J connectivity index is 2.19. The van der Waals surface area contributed by atoms with Crippen LogP contribution in [0.3, 0.4) is 0 Å². The molecule has 1 aliphatic heterocycles. The lowest BCUT2D eigenvalue weighted by Crippen LogP contribution is -2.52. The van der Waals surface area contributed by atoms with Crippen LogP contribution in [0, 0.1) is 5.41 Å². The number of esters is 1. The normalized spacial score (nSPS) is 36.3. The molecule has 0 amide bonds. The summed E-state index contributed by atoms with van der Waals surface area (Å²) in [5.41, 5.74) is -0.164. The Bertz CT molecular complexity index is 254. The molecule has 0 aromatic heterocycles. The molecular weight excluding hydrogens is 190 g/mol. The van der Waals surface area contributed by atoms with Crippen molar-refractivity contribution < 1.29 is 9.53 Å². The molecule has 2 rings (SSSR count). The van der Waals surface area contributed by atoms with E-state index in [9.17, 15) is 4.79 Å². The number of hydrogen-bond donors (Lipinski definition) is 0. The minimum Gasteiger partial charge on any atom is -0.466 e. The fourth-order valence-corrected chi connectivity index (χ4v) is 3.40. The molecule has 0 aromatic carbocycles. The van der Waals surface area contributed by atoms with Crippen molar-refractivity contribution in [3.8, 4) is 0 Å². The SMILES string of the molecule is CCOC(=O)[C@]12CCCC1N(C)CCC2. The fraction of sp³-hybridized carbons (Fsp3) is 0.917. The number of carbonyl (C=O) groups excluding carboxylic acids is 1. The van der Waals surface area contributed by atoms with Gasteiger partial charge in [0.1, 0.15) is 0 Å². The molecule has 2 atom stereocenters. The van der Waals surface area contributed by atoms with E-state index in [0.29, 0.717) is 12.6 Å². The number of likely N-dealkylation sites (tertiary alicyclic amines) is 1. The first-order valence-corrected chi connectivity index (χ1v) is 6.08. The number of hydrogen-bond acceptors (Lipinski definition) is 3. The van der Waals surface area contributed by atoms with Gasteiger partial charge < -0.3 is 9.64 Å². The van der Waals surface area contributed by atoms with Crippen molar-refractivity contribution in [2.75, 3.05) is 20.2 Å². The number of nitrogens with zero attached hydrogens (tertiary/aromatic N) is 1. The predicted octanol–water partition coefficient (Wildman–Crippen LogP) is 1.81. The Hall–Kier alpha value is -0.570. The largest absolute Gasteiger partial charge is 0.466 e. The number of carbonyl (C=O) groups is 1. The zero-order chi connectivity index (χ0) is 10.9. The van der Waals surface area contributed by atoms with Crippen LogP contribution in [-0.4, -0.2) is 37.1 Å². The second kappa shape index (κ2) is 4.12. The highest BCUT2D eigenvalue weighted by atomic mass is 16.5. The molecule has 0 aromatic rings. The first-order chi connectivity index (χ1) is 7.20. The third-order valence-corrected chi connectivity index (χ3v) is 4.09. The van der Waals surface area contributed by atoms with E-state index < -0.39 is 0 Å². The summed E-state index contributed by atoms with van der Waals surface area (Å²) < 4.78 is 5.27. The maximum atomic E-state index is 12.1. The van der Waals surface area contributed by atoms with Crippen LogP contribution in [0.5, 0.6) is 0 Å². The lowest BCUT2D eigenvalue weighted by atomic mass is 9.75. The third kappa shape index (κ3) is 1.67. The smallest absolute Gasteiger partial charge is 0.313 e. The fourth-order valence-electron chi connectivity index (χ4n) is 3.40. The summed E-state index contributed by atoms with van der Waals surface area (Å²) >= 11 is 0. The highest BCUT2D eigenvalue weighted by molar-refractivity contribution is 5.78. The van der Waals surface area contributed by atoms with Gasteiger partial charge in [0.2, 0.25) is 0 Å². The van der Waals surface area contributed by atoms with Gasteiger partial charge in [0.05, 0.1) is 12.0 Å².